The summed E-state index contributed by atoms with van der Waals surface area (Å²) in [4.78, 5) is 13.7. The van der Waals surface area contributed by atoms with Gasteiger partial charge >= 0.3 is 0 Å². The zero-order chi connectivity index (χ0) is 17.1. The summed E-state index contributed by atoms with van der Waals surface area (Å²) in [5, 5.41) is 2.63. The number of hydrogen-bond acceptors (Lipinski definition) is 2. The molecule has 0 saturated heterocycles. The summed E-state index contributed by atoms with van der Waals surface area (Å²) in [6.45, 7) is 0.533. The standard InChI is InChI=1S/C18H17F3N2O/c19-14-8-12-5-3-7-23(18(12)16(21)9-14)11-17(24)22-10-13-4-1-2-6-15(13)20/h1-2,4,6,8-9H,3,5,7,10-11H2,(H,22,24). The Balaban J connectivity index is 1.67. The number of hydrogen-bond donors (Lipinski definition) is 1. The number of fused-ring (bicyclic) bond motifs is 1. The van der Waals surface area contributed by atoms with Crippen molar-refractivity contribution in [2.24, 2.45) is 0 Å². The van der Waals surface area contributed by atoms with E-state index in [0.29, 0.717) is 24.1 Å². The van der Waals surface area contributed by atoms with E-state index in [0.717, 1.165) is 12.5 Å². The first-order valence-corrected chi connectivity index (χ1v) is 7.77. The number of carbonyl (C=O) groups is 1. The molecule has 6 heteroatoms. The fraction of sp³-hybridized carbons (Fsp3) is 0.278. The predicted molar refractivity (Wildman–Crippen MR) is 85.1 cm³/mol. The van der Waals surface area contributed by atoms with Crippen molar-refractivity contribution in [3.05, 3.63) is 65.0 Å². The molecule has 2 aromatic rings. The number of benzene rings is 2. The minimum absolute atomic E-state index is 0.0516. The molecule has 24 heavy (non-hydrogen) atoms. The van der Waals surface area contributed by atoms with Crippen molar-refractivity contribution in [1.82, 2.24) is 5.32 Å². The van der Waals surface area contributed by atoms with Crippen LogP contribution in [0.1, 0.15) is 17.5 Å². The summed E-state index contributed by atoms with van der Waals surface area (Å²) >= 11 is 0. The second kappa shape index (κ2) is 6.95. The van der Waals surface area contributed by atoms with Crippen molar-refractivity contribution >= 4 is 11.6 Å². The minimum atomic E-state index is -0.661. The van der Waals surface area contributed by atoms with E-state index in [-0.39, 0.29) is 30.5 Å². The van der Waals surface area contributed by atoms with Crippen LogP contribution >= 0.6 is 0 Å². The van der Waals surface area contributed by atoms with Gasteiger partial charge in [-0.25, -0.2) is 13.2 Å². The molecule has 0 aliphatic carbocycles. The Morgan fingerprint density at radius 1 is 1.12 bits per heavy atom. The number of aryl methyl sites for hydroxylation is 1. The Kier molecular flexibility index (Phi) is 4.74. The molecule has 0 bridgehead atoms. The second-order valence-electron chi connectivity index (χ2n) is 5.79. The number of halogens is 3. The quantitative estimate of drug-likeness (QED) is 0.931. The van der Waals surface area contributed by atoms with Gasteiger partial charge in [-0.15, -0.1) is 0 Å². The molecule has 1 aliphatic heterocycles. The molecule has 3 rings (SSSR count). The van der Waals surface area contributed by atoms with Crippen molar-refractivity contribution in [2.45, 2.75) is 19.4 Å². The summed E-state index contributed by atoms with van der Waals surface area (Å²) in [6, 6.07) is 8.32. The van der Waals surface area contributed by atoms with Crippen molar-refractivity contribution < 1.29 is 18.0 Å². The molecule has 0 aromatic heterocycles. The smallest absolute Gasteiger partial charge is 0.239 e. The Morgan fingerprint density at radius 2 is 1.92 bits per heavy atom. The Labute approximate surface area is 138 Å². The molecule has 0 radical (unpaired) electrons. The van der Waals surface area contributed by atoms with Gasteiger partial charge in [0.05, 0.1) is 12.2 Å². The Morgan fingerprint density at radius 3 is 2.71 bits per heavy atom. The highest BCUT2D eigenvalue weighted by Gasteiger charge is 2.23. The third-order valence-electron chi connectivity index (χ3n) is 4.07. The lowest BCUT2D eigenvalue weighted by Crippen LogP contribution is -2.40. The maximum Gasteiger partial charge on any atom is 0.239 e. The van der Waals surface area contributed by atoms with Crippen LogP contribution in [-0.2, 0) is 17.8 Å². The van der Waals surface area contributed by atoms with Crippen LogP contribution in [0.25, 0.3) is 0 Å². The van der Waals surface area contributed by atoms with Crippen LogP contribution in [0.2, 0.25) is 0 Å². The van der Waals surface area contributed by atoms with Gasteiger partial charge in [-0.2, -0.15) is 0 Å². The number of anilines is 1. The fourth-order valence-corrected chi connectivity index (χ4v) is 2.96. The molecule has 1 N–H and O–H groups in total. The van der Waals surface area contributed by atoms with Gasteiger partial charge in [0.25, 0.3) is 0 Å². The van der Waals surface area contributed by atoms with Crippen LogP contribution in [-0.4, -0.2) is 19.0 Å². The molecule has 0 saturated carbocycles. The van der Waals surface area contributed by atoms with Crippen LogP contribution in [0.15, 0.2) is 36.4 Å². The topological polar surface area (TPSA) is 32.3 Å². The number of rotatable bonds is 4. The molecule has 0 unspecified atom stereocenters. The van der Waals surface area contributed by atoms with Crippen LogP contribution < -0.4 is 10.2 Å². The Hall–Kier alpha value is -2.50. The van der Waals surface area contributed by atoms with E-state index >= 15 is 0 Å². The van der Waals surface area contributed by atoms with Crippen molar-refractivity contribution in [3.63, 3.8) is 0 Å². The number of nitrogens with zero attached hydrogens (tertiary/aromatic N) is 1. The maximum atomic E-state index is 14.1. The van der Waals surface area contributed by atoms with E-state index in [4.69, 9.17) is 0 Å². The predicted octanol–water partition coefficient (Wildman–Crippen LogP) is 3.17. The van der Waals surface area contributed by atoms with E-state index in [1.54, 1.807) is 23.1 Å². The van der Waals surface area contributed by atoms with Crippen LogP contribution in [0.3, 0.4) is 0 Å². The van der Waals surface area contributed by atoms with E-state index in [1.165, 1.54) is 12.1 Å². The highest BCUT2D eigenvalue weighted by atomic mass is 19.1. The molecule has 0 atom stereocenters. The molecule has 0 fully saturated rings. The molecule has 126 valence electrons. The lowest BCUT2D eigenvalue weighted by Gasteiger charge is -2.31. The first-order valence-electron chi connectivity index (χ1n) is 7.77. The van der Waals surface area contributed by atoms with Gasteiger partial charge in [-0.3, -0.25) is 4.79 Å². The SMILES string of the molecule is O=C(CN1CCCc2cc(F)cc(F)c21)NCc1ccccc1F. The third-order valence-corrected chi connectivity index (χ3v) is 4.07. The van der Waals surface area contributed by atoms with Crippen molar-refractivity contribution in [2.75, 3.05) is 18.0 Å². The van der Waals surface area contributed by atoms with Gasteiger partial charge in [0.15, 0.2) is 0 Å². The molecule has 1 amide bonds. The maximum absolute atomic E-state index is 14.1. The first kappa shape index (κ1) is 16.4. The van der Waals surface area contributed by atoms with Gasteiger partial charge in [0.1, 0.15) is 17.5 Å². The lowest BCUT2D eigenvalue weighted by atomic mass is 10.0. The Bertz CT molecular complexity index is 764. The number of carbonyl (C=O) groups excluding carboxylic acids is 1. The van der Waals surface area contributed by atoms with Crippen LogP contribution in [0.5, 0.6) is 0 Å². The van der Waals surface area contributed by atoms with Crippen molar-refractivity contribution in [3.8, 4) is 0 Å². The first-order chi connectivity index (χ1) is 11.5. The molecule has 3 nitrogen and oxygen atoms in total. The minimum Gasteiger partial charge on any atom is -0.360 e. The zero-order valence-electron chi connectivity index (χ0n) is 13.0. The van der Waals surface area contributed by atoms with Gasteiger partial charge in [0, 0.05) is 24.7 Å². The van der Waals surface area contributed by atoms with E-state index in [9.17, 15) is 18.0 Å². The summed E-state index contributed by atoms with van der Waals surface area (Å²) in [7, 11) is 0. The number of amides is 1. The van der Waals surface area contributed by atoms with Gasteiger partial charge < -0.3 is 10.2 Å². The van der Waals surface area contributed by atoms with Gasteiger partial charge in [-0.05, 0) is 30.5 Å². The monoisotopic (exact) mass is 334 g/mol. The average molecular weight is 334 g/mol. The third kappa shape index (κ3) is 3.53. The lowest BCUT2D eigenvalue weighted by molar-refractivity contribution is -0.119. The summed E-state index contributed by atoms with van der Waals surface area (Å²) in [5.74, 6) is -2.00. The second-order valence-corrected chi connectivity index (χ2v) is 5.79. The summed E-state index contributed by atoms with van der Waals surface area (Å²) in [5.41, 5.74) is 1.24. The van der Waals surface area contributed by atoms with E-state index in [1.807, 2.05) is 0 Å². The molecule has 1 heterocycles. The largest absolute Gasteiger partial charge is 0.360 e. The number of nitrogens with one attached hydrogen (secondary N) is 1. The summed E-state index contributed by atoms with van der Waals surface area (Å²) in [6.07, 6.45) is 1.30. The molecule has 2 aromatic carbocycles. The van der Waals surface area contributed by atoms with Gasteiger partial charge in [0.2, 0.25) is 5.91 Å². The summed E-state index contributed by atoms with van der Waals surface area (Å²) < 4.78 is 40.9. The van der Waals surface area contributed by atoms with E-state index < -0.39 is 11.6 Å². The zero-order valence-corrected chi connectivity index (χ0v) is 13.0. The average Bonchev–Trinajstić information content (AvgIpc) is 2.53. The van der Waals surface area contributed by atoms with Crippen LogP contribution in [0.4, 0.5) is 18.9 Å². The highest BCUT2D eigenvalue weighted by molar-refractivity contribution is 5.82. The fourth-order valence-electron chi connectivity index (χ4n) is 2.96. The molecular weight excluding hydrogens is 317 g/mol. The highest BCUT2D eigenvalue weighted by Crippen LogP contribution is 2.30. The van der Waals surface area contributed by atoms with E-state index in [2.05, 4.69) is 5.32 Å². The van der Waals surface area contributed by atoms with Crippen molar-refractivity contribution in [1.29, 1.82) is 0 Å². The van der Waals surface area contributed by atoms with Gasteiger partial charge in [-0.1, -0.05) is 18.2 Å². The molecule has 1 aliphatic rings. The molecule has 0 spiro atoms. The normalized spacial score (nSPS) is 13.5. The molecular formula is C18H17F3N2O. The van der Waals surface area contributed by atoms with Crippen LogP contribution in [0, 0.1) is 17.5 Å².